The molecule has 0 fully saturated rings. The second-order valence-electron chi connectivity index (χ2n) is 7.22. The molecule has 2 aromatic heterocycles. The van der Waals surface area contributed by atoms with Crippen LogP contribution in [0.3, 0.4) is 0 Å². The number of rotatable bonds is 7. The number of carbonyl (C=O) groups excluding carboxylic acids is 1. The molecule has 1 N–H and O–H groups in total. The van der Waals surface area contributed by atoms with Crippen LogP contribution >= 0.6 is 15.9 Å². The van der Waals surface area contributed by atoms with Crippen molar-refractivity contribution in [2.75, 3.05) is 5.32 Å². The molecule has 1 amide bonds. The summed E-state index contributed by atoms with van der Waals surface area (Å²) >= 11 is 3.44. The highest BCUT2D eigenvalue weighted by atomic mass is 79.9. The van der Waals surface area contributed by atoms with Gasteiger partial charge < -0.3 is 14.5 Å². The van der Waals surface area contributed by atoms with Gasteiger partial charge in [0.15, 0.2) is 5.76 Å². The Hall–Kier alpha value is -3.32. The van der Waals surface area contributed by atoms with E-state index in [0.29, 0.717) is 23.7 Å². The predicted molar refractivity (Wildman–Crippen MR) is 122 cm³/mol. The number of ether oxygens (including phenoxy) is 1. The summed E-state index contributed by atoms with van der Waals surface area (Å²) in [5.74, 6) is 1.20. The summed E-state index contributed by atoms with van der Waals surface area (Å²) in [7, 11) is 0. The molecule has 0 unspecified atom stereocenters. The molecule has 0 saturated heterocycles. The lowest BCUT2D eigenvalue weighted by Gasteiger charge is -2.08. The Labute approximate surface area is 189 Å². The van der Waals surface area contributed by atoms with Crippen LogP contribution in [0.4, 0.5) is 5.69 Å². The van der Waals surface area contributed by atoms with Gasteiger partial charge in [0.1, 0.15) is 18.1 Å². The summed E-state index contributed by atoms with van der Waals surface area (Å²) in [6, 6.07) is 20.7. The summed E-state index contributed by atoms with van der Waals surface area (Å²) in [5.41, 5.74) is 3.83. The molecule has 0 spiro atoms. The number of hydrogen-bond acceptors (Lipinski definition) is 4. The van der Waals surface area contributed by atoms with Gasteiger partial charge in [0, 0.05) is 11.4 Å². The number of hydrogen-bond donors (Lipinski definition) is 1. The summed E-state index contributed by atoms with van der Waals surface area (Å²) in [6.45, 7) is 4.87. The average molecular weight is 480 g/mol. The number of para-hydroxylation sites is 1. The molecule has 0 saturated carbocycles. The maximum Gasteiger partial charge on any atom is 0.291 e. The average Bonchev–Trinajstić information content (AvgIpc) is 3.34. The normalized spacial score (nSPS) is 10.8. The first-order valence-corrected chi connectivity index (χ1v) is 10.6. The fourth-order valence-corrected chi connectivity index (χ4v) is 3.64. The number of carbonyl (C=O) groups is 1. The van der Waals surface area contributed by atoms with Gasteiger partial charge in [0.2, 0.25) is 0 Å². The van der Waals surface area contributed by atoms with Crippen LogP contribution in [0.15, 0.2) is 75.6 Å². The first kappa shape index (κ1) is 20.9. The zero-order valence-corrected chi connectivity index (χ0v) is 18.8. The van der Waals surface area contributed by atoms with Gasteiger partial charge in [-0.15, -0.1) is 0 Å². The van der Waals surface area contributed by atoms with E-state index in [0.717, 1.165) is 21.4 Å². The Bertz CT molecular complexity index is 1210. The maximum absolute atomic E-state index is 12.6. The second kappa shape index (κ2) is 9.22. The van der Waals surface area contributed by atoms with Gasteiger partial charge in [-0.3, -0.25) is 9.48 Å². The van der Waals surface area contributed by atoms with E-state index >= 15 is 0 Å². The second-order valence-corrected chi connectivity index (χ2v) is 8.08. The predicted octanol–water partition coefficient (Wildman–Crippen LogP) is 5.74. The van der Waals surface area contributed by atoms with Gasteiger partial charge in [0.25, 0.3) is 5.91 Å². The van der Waals surface area contributed by atoms with Crippen LogP contribution in [-0.2, 0) is 13.2 Å². The fourth-order valence-electron chi connectivity index (χ4n) is 3.24. The molecule has 0 aliphatic heterocycles. The lowest BCUT2D eigenvalue weighted by atomic mass is 10.2. The van der Waals surface area contributed by atoms with Gasteiger partial charge >= 0.3 is 0 Å². The van der Waals surface area contributed by atoms with Crippen molar-refractivity contribution in [3.63, 3.8) is 0 Å². The number of furan rings is 1. The molecule has 0 atom stereocenters. The number of halogens is 1. The van der Waals surface area contributed by atoms with E-state index in [-0.39, 0.29) is 18.3 Å². The molecule has 0 aliphatic carbocycles. The number of benzene rings is 2. The number of aryl methyl sites for hydroxylation is 2. The lowest BCUT2D eigenvalue weighted by Crippen LogP contribution is -2.11. The highest BCUT2D eigenvalue weighted by molar-refractivity contribution is 9.10. The molecule has 0 bridgehead atoms. The number of nitrogens with one attached hydrogen (secondary N) is 1. The van der Waals surface area contributed by atoms with Crippen molar-refractivity contribution < 1.29 is 13.9 Å². The first-order chi connectivity index (χ1) is 15.0. The SMILES string of the molecule is Cc1cc(C)n(Cc2cccc(NC(=O)c3ccc(COc4ccccc4Br)o3)c2)n1. The summed E-state index contributed by atoms with van der Waals surface area (Å²) in [4.78, 5) is 12.6. The van der Waals surface area contributed by atoms with E-state index in [1.165, 1.54) is 0 Å². The van der Waals surface area contributed by atoms with Crippen LogP contribution in [0.5, 0.6) is 5.75 Å². The number of anilines is 1. The largest absolute Gasteiger partial charge is 0.484 e. The van der Waals surface area contributed by atoms with E-state index in [1.807, 2.05) is 73.1 Å². The molecular weight excluding hydrogens is 458 g/mol. The minimum absolute atomic E-state index is 0.230. The monoisotopic (exact) mass is 479 g/mol. The third-order valence-electron chi connectivity index (χ3n) is 4.71. The van der Waals surface area contributed by atoms with Gasteiger partial charge in [-0.05, 0) is 77.8 Å². The molecule has 2 heterocycles. The van der Waals surface area contributed by atoms with Crippen molar-refractivity contribution in [1.82, 2.24) is 9.78 Å². The highest BCUT2D eigenvalue weighted by Gasteiger charge is 2.13. The zero-order chi connectivity index (χ0) is 21.8. The Morgan fingerprint density at radius 1 is 1.10 bits per heavy atom. The van der Waals surface area contributed by atoms with E-state index in [2.05, 4.69) is 26.3 Å². The molecule has 4 rings (SSSR count). The standard InChI is InChI=1S/C24H22BrN3O3/c1-16-12-17(2)28(27-16)14-18-6-5-7-19(13-18)26-24(29)23-11-10-20(31-23)15-30-22-9-4-3-8-21(22)25/h3-13H,14-15H2,1-2H3,(H,26,29). The molecule has 0 radical (unpaired) electrons. The molecular formula is C24H22BrN3O3. The Kier molecular flexibility index (Phi) is 6.23. The molecule has 7 heteroatoms. The Balaban J connectivity index is 1.38. The topological polar surface area (TPSA) is 69.3 Å². The van der Waals surface area contributed by atoms with Gasteiger partial charge in [0.05, 0.1) is 16.7 Å². The fraction of sp³-hybridized carbons (Fsp3) is 0.167. The van der Waals surface area contributed by atoms with Crippen LogP contribution in [0.2, 0.25) is 0 Å². The van der Waals surface area contributed by atoms with Gasteiger partial charge in [-0.25, -0.2) is 0 Å². The smallest absolute Gasteiger partial charge is 0.291 e. The zero-order valence-electron chi connectivity index (χ0n) is 17.3. The molecule has 4 aromatic rings. The van der Waals surface area contributed by atoms with Crippen LogP contribution in [0.1, 0.15) is 33.3 Å². The number of amides is 1. The summed E-state index contributed by atoms with van der Waals surface area (Å²) < 4.78 is 14.2. The Morgan fingerprint density at radius 3 is 2.71 bits per heavy atom. The van der Waals surface area contributed by atoms with Gasteiger partial charge in [-0.1, -0.05) is 24.3 Å². The summed E-state index contributed by atoms with van der Waals surface area (Å²) in [5, 5.41) is 7.38. The molecule has 6 nitrogen and oxygen atoms in total. The number of nitrogens with zero attached hydrogens (tertiary/aromatic N) is 2. The van der Waals surface area contributed by atoms with Crippen LogP contribution in [-0.4, -0.2) is 15.7 Å². The maximum atomic E-state index is 12.6. The van der Waals surface area contributed by atoms with E-state index < -0.39 is 0 Å². The minimum Gasteiger partial charge on any atom is -0.484 e. The molecule has 158 valence electrons. The van der Waals surface area contributed by atoms with E-state index in [9.17, 15) is 4.79 Å². The highest BCUT2D eigenvalue weighted by Crippen LogP contribution is 2.25. The van der Waals surface area contributed by atoms with Crippen molar-refractivity contribution in [3.8, 4) is 5.75 Å². The molecule has 2 aromatic carbocycles. The molecule has 31 heavy (non-hydrogen) atoms. The Morgan fingerprint density at radius 2 is 1.94 bits per heavy atom. The van der Waals surface area contributed by atoms with E-state index in [1.54, 1.807) is 12.1 Å². The van der Waals surface area contributed by atoms with E-state index in [4.69, 9.17) is 9.15 Å². The van der Waals surface area contributed by atoms with Gasteiger partial charge in [-0.2, -0.15) is 5.10 Å². The van der Waals surface area contributed by atoms with Crippen molar-refractivity contribution in [2.24, 2.45) is 0 Å². The third kappa shape index (κ3) is 5.24. The first-order valence-electron chi connectivity index (χ1n) is 9.85. The van der Waals surface area contributed by atoms with Crippen molar-refractivity contribution in [1.29, 1.82) is 0 Å². The van der Waals surface area contributed by atoms with Crippen molar-refractivity contribution in [2.45, 2.75) is 27.0 Å². The van der Waals surface area contributed by atoms with Crippen LogP contribution in [0, 0.1) is 13.8 Å². The molecule has 0 aliphatic rings. The summed E-state index contributed by atoms with van der Waals surface area (Å²) in [6.07, 6.45) is 0. The lowest BCUT2D eigenvalue weighted by molar-refractivity contribution is 0.0992. The minimum atomic E-state index is -0.310. The van der Waals surface area contributed by atoms with Crippen molar-refractivity contribution >= 4 is 27.5 Å². The van der Waals surface area contributed by atoms with Crippen molar-refractivity contribution in [3.05, 3.63) is 99.7 Å². The van der Waals surface area contributed by atoms with Crippen LogP contribution in [0.25, 0.3) is 0 Å². The number of aromatic nitrogens is 2. The third-order valence-corrected chi connectivity index (χ3v) is 5.37. The quantitative estimate of drug-likeness (QED) is 0.367. The van der Waals surface area contributed by atoms with Crippen LogP contribution < -0.4 is 10.1 Å².